The highest BCUT2D eigenvalue weighted by Crippen LogP contribution is 2.41. The lowest BCUT2D eigenvalue weighted by Crippen LogP contribution is -2.62. The highest BCUT2D eigenvalue weighted by Gasteiger charge is 2.42. The first-order chi connectivity index (χ1) is 18.1. The Balaban J connectivity index is 1.33. The average Bonchev–Trinajstić information content (AvgIpc) is 3.13. The molecule has 0 bridgehead atoms. The Morgan fingerprint density at radius 2 is 1.97 bits per heavy atom. The topological polar surface area (TPSA) is 60.1 Å². The van der Waals surface area contributed by atoms with Crippen molar-refractivity contribution in [2.45, 2.75) is 52.2 Å². The molecule has 0 aromatic heterocycles. The van der Waals surface area contributed by atoms with Crippen molar-refractivity contribution in [3.63, 3.8) is 0 Å². The van der Waals surface area contributed by atoms with Crippen molar-refractivity contribution in [2.24, 2.45) is 5.41 Å². The van der Waals surface area contributed by atoms with Crippen molar-refractivity contribution in [2.75, 3.05) is 52.5 Å². The fourth-order valence-electron chi connectivity index (χ4n) is 6.08. The zero-order chi connectivity index (χ0) is 27.0. The van der Waals surface area contributed by atoms with Gasteiger partial charge in [-0.3, -0.25) is 14.6 Å². The van der Waals surface area contributed by atoms with E-state index >= 15 is 0 Å². The lowest BCUT2D eigenvalue weighted by atomic mass is 9.88. The van der Waals surface area contributed by atoms with Crippen LogP contribution in [0.15, 0.2) is 59.6 Å². The van der Waals surface area contributed by atoms with Crippen molar-refractivity contribution < 1.29 is 13.9 Å². The Kier molecular flexibility index (Phi) is 7.78. The van der Waals surface area contributed by atoms with Crippen molar-refractivity contribution in [1.82, 2.24) is 25.3 Å². The Morgan fingerprint density at radius 3 is 2.71 bits per heavy atom. The number of dihydropyridines is 1. The first kappa shape index (κ1) is 27.1. The summed E-state index contributed by atoms with van der Waals surface area (Å²) in [4.78, 5) is 20.7. The smallest absolute Gasteiger partial charge is 0.241 e. The van der Waals surface area contributed by atoms with Crippen LogP contribution >= 0.6 is 0 Å². The number of amides is 1. The number of ether oxygens (including phenoxy) is 1. The maximum absolute atomic E-state index is 13.9. The molecule has 2 N–H and O–H groups in total. The maximum Gasteiger partial charge on any atom is 0.241 e. The largest absolute Gasteiger partial charge is 0.379 e. The van der Waals surface area contributed by atoms with Crippen LogP contribution < -0.4 is 10.6 Å². The van der Waals surface area contributed by atoms with Gasteiger partial charge in [0, 0.05) is 67.7 Å². The number of hydrogen-bond acceptors (Lipinski definition) is 6. The van der Waals surface area contributed by atoms with Gasteiger partial charge in [-0.25, -0.2) is 4.39 Å². The molecule has 7 nitrogen and oxygen atoms in total. The van der Waals surface area contributed by atoms with Gasteiger partial charge in [-0.15, -0.1) is 0 Å². The lowest BCUT2D eigenvalue weighted by molar-refractivity contribution is -0.131. The molecule has 1 aromatic rings. The molecular formula is C30H42FN5O2. The molecule has 2 saturated heterocycles. The summed E-state index contributed by atoms with van der Waals surface area (Å²) in [6.07, 6.45) is 2.73. The molecule has 4 heterocycles. The Hall–Kier alpha value is -2.52. The quantitative estimate of drug-likeness (QED) is 0.598. The molecule has 5 rings (SSSR count). The number of carbonyl (C=O) groups is 1. The van der Waals surface area contributed by atoms with E-state index in [4.69, 9.17) is 4.74 Å². The summed E-state index contributed by atoms with van der Waals surface area (Å²) in [5.74, 6) is -0.116. The molecule has 1 amide bonds. The minimum absolute atomic E-state index is 0.129. The van der Waals surface area contributed by atoms with Crippen LogP contribution in [0.25, 0.3) is 0 Å². The van der Waals surface area contributed by atoms with E-state index in [2.05, 4.69) is 60.8 Å². The third-order valence-corrected chi connectivity index (χ3v) is 8.38. The third kappa shape index (κ3) is 5.73. The zero-order valence-corrected chi connectivity index (χ0v) is 23.2. The van der Waals surface area contributed by atoms with E-state index < -0.39 is 0 Å². The highest BCUT2D eigenvalue weighted by atomic mass is 19.1. The summed E-state index contributed by atoms with van der Waals surface area (Å²) in [6.45, 7) is 19.1. The molecule has 3 atom stereocenters. The third-order valence-electron chi connectivity index (χ3n) is 8.38. The number of halogens is 1. The van der Waals surface area contributed by atoms with E-state index in [1.165, 1.54) is 12.1 Å². The second-order valence-electron chi connectivity index (χ2n) is 12.0. The summed E-state index contributed by atoms with van der Waals surface area (Å²) in [5, 5.41) is 7.14. The van der Waals surface area contributed by atoms with Gasteiger partial charge in [0.25, 0.3) is 0 Å². The molecule has 38 heavy (non-hydrogen) atoms. The van der Waals surface area contributed by atoms with Gasteiger partial charge >= 0.3 is 0 Å². The number of morpholine rings is 1. The molecule has 0 spiro atoms. The van der Waals surface area contributed by atoms with Gasteiger partial charge in [0.1, 0.15) is 5.82 Å². The number of rotatable bonds is 6. The molecule has 0 radical (unpaired) electrons. The number of nitrogens with one attached hydrogen (secondary N) is 2. The van der Waals surface area contributed by atoms with E-state index in [0.29, 0.717) is 31.6 Å². The van der Waals surface area contributed by atoms with Crippen molar-refractivity contribution in [1.29, 1.82) is 0 Å². The van der Waals surface area contributed by atoms with Crippen LogP contribution in [0.5, 0.6) is 0 Å². The first-order valence-electron chi connectivity index (χ1n) is 13.9. The Morgan fingerprint density at radius 1 is 1.21 bits per heavy atom. The molecule has 0 unspecified atom stereocenters. The standard InChI is InChI=1S/C30H42FN5O2/c1-20-15-35(26(14-32-20)16-34-10-11-38-18-21(34)2)17-28(37)36-19-30(4,5)29-27(36)13-24(22(3)33-29)12-23-6-8-25(31)9-7-23/h6-9,13,20-21,26,32-33H,3,10-12,14-19H2,1-2,4-5H3/t20-,21-,26-/m1/s1. The summed E-state index contributed by atoms with van der Waals surface area (Å²) < 4.78 is 19.1. The molecule has 1 aromatic carbocycles. The first-order valence-corrected chi connectivity index (χ1v) is 13.9. The summed E-state index contributed by atoms with van der Waals surface area (Å²) in [6, 6.07) is 7.57. The minimum Gasteiger partial charge on any atom is -0.379 e. The van der Waals surface area contributed by atoms with Crippen molar-refractivity contribution >= 4 is 5.91 Å². The number of piperazine rings is 1. The van der Waals surface area contributed by atoms with Crippen LogP contribution in [0.1, 0.15) is 33.3 Å². The average molecular weight is 524 g/mol. The minimum atomic E-state index is -0.244. The Bertz CT molecular complexity index is 1130. The van der Waals surface area contributed by atoms with Crippen LogP contribution in [0.4, 0.5) is 4.39 Å². The predicted molar refractivity (Wildman–Crippen MR) is 148 cm³/mol. The van der Waals surface area contributed by atoms with Crippen molar-refractivity contribution in [3.05, 3.63) is 71.0 Å². The fraction of sp³-hybridized carbons (Fsp3) is 0.567. The molecule has 4 aliphatic heterocycles. The van der Waals surface area contributed by atoms with Crippen LogP contribution in [-0.2, 0) is 16.0 Å². The Labute approximate surface area is 226 Å². The van der Waals surface area contributed by atoms with Gasteiger partial charge in [-0.1, -0.05) is 32.6 Å². The number of allylic oxidation sites excluding steroid dienone is 2. The lowest BCUT2D eigenvalue weighted by Gasteiger charge is -2.43. The van der Waals surface area contributed by atoms with Crippen LogP contribution in [0, 0.1) is 11.2 Å². The second kappa shape index (κ2) is 10.9. The van der Waals surface area contributed by atoms with E-state index in [1.807, 2.05) is 4.90 Å². The molecule has 206 valence electrons. The molecular weight excluding hydrogens is 481 g/mol. The van der Waals surface area contributed by atoms with E-state index in [9.17, 15) is 9.18 Å². The highest BCUT2D eigenvalue weighted by molar-refractivity contribution is 5.82. The maximum atomic E-state index is 13.9. The van der Waals surface area contributed by atoms with Gasteiger partial charge in [-0.2, -0.15) is 0 Å². The van der Waals surface area contributed by atoms with Crippen LogP contribution in [-0.4, -0.2) is 91.2 Å². The number of carbonyl (C=O) groups excluding carboxylic acids is 1. The fourth-order valence-corrected chi connectivity index (χ4v) is 6.08. The number of benzene rings is 1. The summed E-state index contributed by atoms with van der Waals surface area (Å²) in [7, 11) is 0. The summed E-state index contributed by atoms with van der Waals surface area (Å²) in [5.41, 5.74) is 4.64. The molecule has 4 aliphatic rings. The normalized spacial score (nSPS) is 28.2. The number of nitrogens with zero attached hydrogens (tertiary/aromatic N) is 3. The van der Waals surface area contributed by atoms with Gasteiger partial charge in [-0.05, 0) is 49.6 Å². The zero-order valence-electron chi connectivity index (χ0n) is 23.2. The molecule has 0 saturated carbocycles. The van der Waals surface area contributed by atoms with Gasteiger partial charge < -0.3 is 20.3 Å². The van der Waals surface area contributed by atoms with Crippen LogP contribution in [0.2, 0.25) is 0 Å². The molecule has 0 aliphatic carbocycles. The van der Waals surface area contributed by atoms with Crippen molar-refractivity contribution in [3.8, 4) is 0 Å². The van der Waals surface area contributed by atoms with E-state index in [1.54, 1.807) is 12.1 Å². The predicted octanol–water partition coefficient (Wildman–Crippen LogP) is 2.87. The van der Waals surface area contributed by atoms with Crippen LogP contribution in [0.3, 0.4) is 0 Å². The van der Waals surface area contributed by atoms with Gasteiger partial charge in [0.15, 0.2) is 0 Å². The summed E-state index contributed by atoms with van der Waals surface area (Å²) >= 11 is 0. The monoisotopic (exact) mass is 523 g/mol. The van der Waals surface area contributed by atoms with Gasteiger partial charge in [0.05, 0.1) is 25.5 Å². The number of hydrogen-bond donors (Lipinski definition) is 2. The van der Waals surface area contributed by atoms with E-state index in [-0.39, 0.29) is 23.2 Å². The van der Waals surface area contributed by atoms with Gasteiger partial charge in [0.2, 0.25) is 5.91 Å². The second-order valence-corrected chi connectivity index (χ2v) is 12.0. The SMILES string of the molecule is C=C1NC2=C(C=C1Cc1ccc(F)cc1)N(C(=O)CN1C[C@@H](C)NC[C@@H]1CN1CCOC[C@H]1C)CC2(C)C. The molecule has 2 fully saturated rings. The van der Waals surface area contributed by atoms with E-state index in [0.717, 1.165) is 67.6 Å². The molecule has 8 heteroatoms.